The van der Waals surface area contributed by atoms with E-state index in [1.54, 1.807) is 6.33 Å². The number of amides is 1. The predicted octanol–water partition coefficient (Wildman–Crippen LogP) is 1.02. The molecular weight excluding hydrogens is 325 g/mol. The third-order valence-corrected chi connectivity index (χ3v) is 4.55. The van der Waals surface area contributed by atoms with Gasteiger partial charge in [0.25, 0.3) is 0 Å². The number of aromatic amines is 1. The highest BCUT2D eigenvalue weighted by atomic mass is 35.5. The summed E-state index contributed by atoms with van der Waals surface area (Å²) >= 11 is 0. The lowest BCUT2D eigenvalue weighted by atomic mass is 9.83. The second kappa shape index (κ2) is 8.72. The van der Waals surface area contributed by atoms with Crippen molar-refractivity contribution in [3.63, 3.8) is 0 Å². The molecule has 126 valence electrons. The number of carbonyl (C=O) groups is 1. The first-order chi connectivity index (χ1) is 9.78. The monoisotopic (exact) mass is 349 g/mol. The van der Waals surface area contributed by atoms with E-state index in [0.29, 0.717) is 37.4 Å². The fraction of sp³-hybridized carbons (Fsp3) is 0.714. The van der Waals surface area contributed by atoms with Crippen molar-refractivity contribution >= 4 is 30.7 Å². The Bertz CT molecular complexity index is 456. The summed E-state index contributed by atoms with van der Waals surface area (Å²) in [7, 11) is 0. The Balaban J connectivity index is 0.00000121. The summed E-state index contributed by atoms with van der Waals surface area (Å²) in [6.07, 6.45) is 6.37. The van der Waals surface area contributed by atoms with Crippen molar-refractivity contribution in [3.05, 3.63) is 18.2 Å². The quantitative estimate of drug-likeness (QED) is 0.850. The van der Waals surface area contributed by atoms with Crippen LogP contribution in [0.5, 0.6) is 0 Å². The van der Waals surface area contributed by atoms with Gasteiger partial charge in [-0.3, -0.25) is 9.69 Å². The molecule has 8 heteroatoms. The number of likely N-dealkylation sites (tertiary alicyclic amines) is 2. The number of nitrogens with zero attached hydrogens (tertiary/aromatic N) is 3. The molecule has 0 aromatic carbocycles. The van der Waals surface area contributed by atoms with Crippen LogP contribution in [0.4, 0.5) is 0 Å². The molecule has 0 unspecified atom stereocenters. The van der Waals surface area contributed by atoms with E-state index in [0.717, 1.165) is 38.2 Å². The van der Waals surface area contributed by atoms with Gasteiger partial charge in [0.1, 0.15) is 0 Å². The zero-order valence-corrected chi connectivity index (χ0v) is 14.2. The molecule has 0 spiro atoms. The number of nitrogens with two attached hydrogens (primary N) is 1. The highest BCUT2D eigenvalue weighted by Crippen LogP contribution is 2.31. The van der Waals surface area contributed by atoms with Crippen LogP contribution in [-0.4, -0.2) is 57.9 Å². The largest absolute Gasteiger partial charge is 0.347 e. The van der Waals surface area contributed by atoms with E-state index < -0.39 is 0 Å². The van der Waals surface area contributed by atoms with Gasteiger partial charge in [-0.25, -0.2) is 4.98 Å². The van der Waals surface area contributed by atoms with Crippen molar-refractivity contribution in [2.75, 3.05) is 26.2 Å². The second-order valence-electron chi connectivity index (χ2n) is 5.84. The fourth-order valence-corrected chi connectivity index (χ4v) is 3.61. The van der Waals surface area contributed by atoms with Crippen LogP contribution in [0.15, 0.2) is 12.5 Å². The van der Waals surface area contributed by atoms with Crippen LogP contribution in [-0.2, 0) is 11.3 Å². The second-order valence-corrected chi connectivity index (χ2v) is 5.84. The van der Waals surface area contributed by atoms with E-state index in [2.05, 4.69) is 14.9 Å². The summed E-state index contributed by atoms with van der Waals surface area (Å²) in [5, 5.41) is 0. The Kier molecular flexibility index (Phi) is 7.62. The van der Waals surface area contributed by atoms with Gasteiger partial charge in [-0.15, -0.1) is 24.8 Å². The predicted molar refractivity (Wildman–Crippen MR) is 90.3 cm³/mol. The van der Waals surface area contributed by atoms with Crippen molar-refractivity contribution in [3.8, 4) is 0 Å². The van der Waals surface area contributed by atoms with Crippen LogP contribution in [0.1, 0.15) is 25.0 Å². The van der Waals surface area contributed by atoms with Gasteiger partial charge in [-0.05, 0) is 18.8 Å². The van der Waals surface area contributed by atoms with Gasteiger partial charge in [0.05, 0.1) is 6.33 Å². The summed E-state index contributed by atoms with van der Waals surface area (Å²) in [5.41, 5.74) is 6.81. The summed E-state index contributed by atoms with van der Waals surface area (Å²) in [4.78, 5) is 23.7. The maximum atomic E-state index is 12.0. The molecular formula is C14H25Cl2N5O. The molecule has 1 amide bonds. The maximum Gasteiger partial charge on any atom is 0.222 e. The molecule has 3 rings (SSSR count). The van der Waals surface area contributed by atoms with E-state index in [-0.39, 0.29) is 24.8 Å². The van der Waals surface area contributed by atoms with Gasteiger partial charge in [0, 0.05) is 57.1 Å². The third-order valence-electron chi connectivity index (χ3n) is 4.55. The minimum atomic E-state index is 0. The zero-order valence-electron chi connectivity index (χ0n) is 12.6. The van der Waals surface area contributed by atoms with Gasteiger partial charge >= 0.3 is 0 Å². The number of hydrogen-bond donors (Lipinski definition) is 2. The third kappa shape index (κ3) is 4.13. The lowest BCUT2D eigenvalue weighted by Gasteiger charge is -2.47. The first-order valence-corrected chi connectivity index (χ1v) is 7.47. The van der Waals surface area contributed by atoms with Gasteiger partial charge in [-0.2, -0.15) is 0 Å². The van der Waals surface area contributed by atoms with Crippen molar-refractivity contribution in [2.24, 2.45) is 11.7 Å². The van der Waals surface area contributed by atoms with Crippen molar-refractivity contribution in [1.82, 2.24) is 19.8 Å². The first-order valence-electron chi connectivity index (χ1n) is 7.47. The minimum Gasteiger partial charge on any atom is -0.347 e. The summed E-state index contributed by atoms with van der Waals surface area (Å²) in [6, 6.07) is 0.401. The number of aromatic nitrogens is 2. The number of piperidine rings is 2. The number of fused-ring (bicyclic) bond motifs is 1. The van der Waals surface area contributed by atoms with E-state index in [9.17, 15) is 4.79 Å². The highest BCUT2D eigenvalue weighted by Gasteiger charge is 2.38. The Morgan fingerprint density at radius 1 is 1.36 bits per heavy atom. The van der Waals surface area contributed by atoms with E-state index >= 15 is 0 Å². The molecule has 2 aliphatic heterocycles. The number of nitrogens with one attached hydrogen (secondary N) is 1. The summed E-state index contributed by atoms with van der Waals surface area (Å²) in [5.74, 6) is 0.884. The van der Waals surface area contributed by atoms with Gasteiger partial charge in [0.15, 0.2) is 0 Å². The van der Waals surface area contributed by atoms with Crippen molar-refractivity contribution in [1.29, 1.82) is 0 Å². The number of halogens is 2. The number of rotatable bonds is 4. The van der Waals surface area contributed by atoms with Gasteiger partial charge < -0.3 is 15.6 Å². The Morgan fingerprint density at radius 3 is 2.86 bits per heavy atom. The topological polar surface area (TPSA) is 78.2 Å². The van der Waals surface area contributed by atoms with Crippen LogP contribution >= 0.6 is 24.8 Å². The number of carbonyl (C=O) groups excluding carboxylic acids is 1. The SMILES string of the molecule is Cl.Cl.NCCN1C(=O)CC[C@H]2CN(Cc3cnc[nH]3)CC[C@H]21. The molecule has 0 saturated carbocycles. The molecule has 22 heavy (non-hydrogen) atoms. The Labute approximate surface area is 143 Å². The molecule has 1 aromatic heterocycles. The Hall–Kier alpha value is -0.820. The molecule has 2 aliphatic rings. The molecule has 0 radical (unpaired) electrons. The molecule has 1 aromatic rings. The van der Waals surface area contributed by atoms with Crippen LogP contribution in [0.2, 0.25) is 0 Å². The fourth-order valence-electron chi connectivity index (χ4n) is 3.61. The van der Waals surface area contributed by atoms with Gasteiger partial charge in [0.2, 0.25) is 5.91 Å². The molecule has 2 saturated heterocycles. The van der Waals surface area contributed by atoms with Crippen LogP contribution < -0.4 is 5.73 Å². The summed E-state index contributed by atoms with van der Waals surface area (Å²) < 4.78 is 0. The standard InChI is InChI=1S/C14H23N5O.2ClH/c15-4-6-19-13-3-5-18(9-12-7-16-10-17-12)8-11(13)1-2-14(19)20;;/h7,10-11,13H,1-6,8-9,15H2,(H,16,17);2*1H/t11-,13+;;/m0../s1. The maximum absolute atomic E-state index is 12.0. The molecule has 3 heterocycles. The van der Waals surface area contributed by atoms with Crippen LogP contribution in [0, 0.1) is 5.92 Å². The van der Waals surface area contributed by atoms with Gasteiger partial charge in [-0.1, -0.05) is 0 Å². The van der Waals surface area contributed by atoms with E-state index in [4.69, 9.17) is 5.73 Å². The first kappa shape index (κ1) is 19.2. The number of imidazole rings is 1. The molecule has 2 fully saturated rings. The average Bonchev–Trinajstić information content (AvgIpc) is 2.95. The highest BCUT2D eigenvalue weighted by molar-refractivity contribution is 5.85. The molecule has 0 bridgehead atoms. The van der Waals surface area contributed by atoms with E-state index in [1.807, 2.05) is 11.1 Å². The number of hydrogen-bond acceptors (Lipinski definition) is 4. The molecule has 6 nitrogen and oxygen atoms in total. The summed E-state index contributed by atoms with van der Waals surface area (Å²) in [6.45, 7) is 4.30. The van der Waals surface area contributed by atoms with Crippen LogP contribution in [0.25, 0.3) is 0 Å². The smallest absolute Gasteiger partial charge is 0.222 e. The lowest BCUT2D eigenvalue weighted by Crippen LogP contribution is -2.56. The molecule has 3 N–H and O–H groups in total. The average molecular weight is 350 g/mol. The zero-order chi connectivity index (χ0) is 13.9. The van der Waals surface area contributed by atoms with E-state index in [1.165, 1.54) is 0 Å². The normalized spacial score (nSPS) is 25.1. The van der Waals surface area contributed by atoms with Crippen molar-refractivity contribution in [2.45, 2.75) is 31.8 Å². The molecule has 0 aliphatic carbocycles. The molecule has 2 atom stereocenters. The van der Waals surface area contributed by atoms with Crippen LogP contribution in [0.3, 0.4) is 0 Å². The number of H-pyrrole nitrogens is 1. The minimum absolute atomic E-state index is 0. The van der Waals surface area contributed by atoms with Crippen molar-refractivity contribution < 1.29 is 4.79 Å². The Morgan fingerprint density at radius 2 is 2.18 bits per heavy atom. The lowest BCUT2D eigenvalue weighted by molar-refractivity contribution is -0.141.